The summed E-state index contributed by atoms with van der Waals surface area (Å²) < 4.78 is 9.79. The molecule has 4 heteroatoms. The molecule has 0 aliphatic heterocycles. The molecule has 1 aromatic carbocycles. The highest BCUT2D eigenvalue weighted by atomic mass is 16.5. The van der Waals surface area contributed by atoms with Crippen LogP contribution in [0.1, 0.15) is 36.5 Å². The van der Waals surface area contributed by atoms with Crippen LogP contribution in [0.5, 0.6) is 5.75 Å². The van der Waals surface area contributed by atoms with Gasteiger partial charge in [-0.05, 0) is 18.6 Å². The molecule has 0 fully saturated rings. The van der Waals surface area contributed by atoms with Crippen molar-refractivity contribution >= 4 is 12.4 Å². The van der Waals surface area contributed by atoms with E-state index in [1.54, 1.807) is 24.3 Å². The van der Waals surface area contributed by atoms with Crippen LogP contribution in [0, 0.1) is 0 Å². The van der Waals surface area contributed by atoms with Gasteiger partial charge in [-0.3, -0.25) is 4.79 Å². The molecule has 0 unspecified atom stereocenters. The number of hydrogen-bond donors (Lipinski definition) is 0. The molecular weight excluding hydrogens is 220 g/mol. The first-order chi connectivity index (χ1) is 8.29. The molecule has 92 valence electrons. The quantitative estimate of drug-likeness (QED) is 0.415. The number of benzene rings is 1. The summed E-state index contributed by atoms with van der Waals surface area (Å²) in [5.41, 5.74) is 0.274. The fourth-order valence-electron chi connectivity index (χ4n) is 1.38. The number of para-hydroxylation sites is 1. The minimum Gasteiger partial charge on any atom is -0.462 e. The Morgan fingerprint density at radius 1 is 1.29 bits per heavy atom. The molecule has 0 saturated carbocycles. The van der Waals surface area contributed by atoms with Gasteiger partial charge >= 0.3 is 5.97 Å². The summed E-state index contributed by atoms with van der Waals surface area (Å²) in [6.45, 7) is 2.76. The highest BCUT2D eigenvalue weighted by Crippen LogP contribution is 2.18. The van der Waals surface area contributed by atoms with E-state index in [0.717, 1.165) is 19.3 Å². The topological polar surface area (TPSA) is 52.6 Å². The smallest absolute Gasteiger partial charge is 0.341 e. The van der Waals surface area contributed by atoms with E-state index in [9.17, 15) is 9.59 Å². The molecule has 1 rings (SSSR count). The lowest BCUT2D eigenvalue weighted by Crippen LogP contribution is -2.08. The Bertz CT molecular complexity index is 373. The lowest BCUT2D eigenvalue weighted by Gasteiger charge is -2.07. The Morgan fingerprint density at radius 2 is 2.06 bits per heavy atom. The van der Waals surface area contributed by atoms with E-state index < -0.39 is 5.97 Å². The van der Waals surface area contributed by atoms with Crippen molar-refractivity contribution < 1.29 is 19.1 Å². The monoisotopic (exact) mass is 236 g/mol. The number of rotatable bonds is 7. The first-order valence-corrected chi connectivity index (χ1v) is 5.66. The number of esters is 1. The minimum atomic E-state index is -0.460. The van der Waals surface area contributed by atoms with Crippen LogP contribution in [0.4, 0.5) is 0 Å². The lowest BCUT2D eigenvalue weighted by molar-refractivity contribution is -0.120. The Kier molecular flexibility index (Phi) is 5.79. The molecular formula is C13H16O4. The van der Waals surface area contributed by atoms with Crippen molar-refractivity contribution in [1.82, 2.24) is 0 Å². The normalized spacial score (nSPS) is 9.71. The van der Waals surface area contributed by atoms with Crippen molar-refractivity contribution in [2.45, 2.75) is 26.2 Å². The largest absolute Gasteiger partial charge is 0.462 e. The van der Waals surface area contributed by atoms with Crippen molar-refractivity contribution in [3.8, 4) is 5.75 Å². The molecule has 4 nitrogen and oxygen atoms in total. The van der Waals surface area contributed by atoms with Gasteiger partial charge in [0.1, 0.15) is 11.3 Å². The summed E-state index contributed by atoms with van der Waals surface area (Å²) >= 11 is 0. The maximum atomic E-state index is 11.7. The summed E-state index contributed by atoms with van der Waals surface area (Å²) in [7, 11) is 0. The molecule has 0 bridgehead atoms. The van der Waals surface area contributed by atoms with Gasteiger partial charge in [-0.2, -0.15) is 0 Å². The second kappa shape index (κ2) is 7.44. The van der Waals surface area contributed by atoms with Crippen molar-refractivity contribution in [3.63, 3.8) is 0 Å². The summed E-state index contributed by atoms with van der Waals surface area (Å²) in [6, 6.07) is 6.50. The minimum absolute atomic E-state index is 0.225. The van der Waals surface area contributed by atoms with Crippen LogP contribution in [0.25, 0.3) is 0 Å². The zero-order valence-electron chi connectivity index (χ0n) is 9.85. The second-order valence-corrected chi connectivity index (χ2v) is 3.55. The van der Waals surface area contributed by atoms with Crippen LogP contribution >= 0.6 is 0 Å². The molecule has 0 spiro atoms. The molecule has 0 saturated heterocycles. The maximum Gasteiger partial charge on any atom is 0.341 e. The zero-order chi connectivity index (χ0) is 12.5. The Balaban J connectivity index is 2.58. The Morgan fingerprint density at radius 3 is 2.76 bits per heavy atom. The third-order valence-electron chi connectivity index (χ3n) is 2.26. The van der Waals surface area contributed by atoms with Crippen LogP contribution in [-0.4, -0.2) is 19.0 Å². The van der Waals surface area contributed by atoms with Gasteiger partial charge in [0.15, 0.2) is 0 Å². The van der Waals surface area contributed by atoms with Gasteiger partial charge in [0.25, 0.3) is 6.47 Å². The Labute approximate surface area is 101 Å². The van der Waals surface area contributed by atoms with Crippen molar-refractivity contribution in [2.75, 3.05) is 6.61 Å². The molecule has 0 heterocycles. The van der Waals surface area contributed by atoms with E-state index in [-0.39, 0.29) is 11.3 Å². The van der Waals surface area contributed by atoms with Crippen molar-refractivity contribution in [2.24, 2.45) is 0 Å². The van der Waals surface area contributed by atoms with Gasteiger partial charge in [-0.1, -0.05) is 31.9 Å². The molecule has 0 aromatic heterocycles. The van der Waals surface area contributed by atoms with Crippen LogP contribution in [0.2, 0.25) is 0 Å². The van der Waals surface area contributed by atoms with Gasteiger partial charge in [-0.15, -0.1) is 0 Å². The van der Waals surface area contributed by atoms with Crippen LogP contribution in [0.3, 0.4) is 0 Å². The van der Waals surface area contributed by atoms with E-state index in [4.69, 9.17) is 9.47 Å². The summed E-state index contributed by atoms with van der Waals surface area (Å²) in [6.07, 6.45) is 2.95. The van der Waals surface area contributed by atoms with Crippen LogP contribution in [-0.2, 0) is 9.53 Å². The molecule has 0 radical (unpaired) electrons. The third kappa shape index (κ3) is 4.26. The summed E-state index contributed by atoms with van der Waals surface area (Å²) in [4.78, 5) is 22.0. The number of hydrogen-bond acceptors (Lipinski definition) is 4. The van der Waals surface area contributed by atoms with Crippen LogP contribution in [0.15, 0.2) is 24.3 Å². The SMILES string of the molecule is CCCCCOC(=O)c1ccccc1OC=O. The molecule has 0 atom stereocenters. The molecule has 17 heavy (non-hydrogen) atoms. The fraction of sp³-hybridized carbons (Fsp3) is 0.385. The fourth-order valence-corrected chi connectivity index (χ4v) is 1.38. The van der Waals surface area contributed by atoms with Gasteiger partial charge < -0.3 is 9.47 Å². The van der Waals surface area contributed by atoms with E-state index in [1.165, 1.54) is 0 Å². The molecule has 0 amide bonds. The molecule has 0 aliphatic carbocycles. The highest BCUT2D eigenvalue weighted by Gasteiger charge is 2.12. The molecule has 0 N–H and O–H groups in total. The van der Waals surface area contributed by atoms with Crippen molar-refractivity contribution in [3.05, 3.63) is 29.8 Å². The average molecular weight is 236 g/mol. The van der Waals surface area contributed by atoms with E-state index in [1.807, 2.05) is 0 Å². The average Bonchev–Trinajstić information content (AvgIpc) is 2.35. The van der Waals surface area contributed by atoms with Gasteiger partial charge in [-0.25, -0.2) is 4.79 Å². The van der Waals surface area contributed by atoms with E-state index in [2.05, 4.69) is 6.92 Å². The van der Waals surface area contributed by atoms with Crippen LogP contribution < -0.4 is 4.74 Å². The predicted molar refractivity (Wildman–Crippen MR) is 62.9 cm³/mol. The van der Waals surface area contributed by atoms with Gasteiger partial charge in [0.05, 0.1) is 6.61 Å². The lowest BCUT2D eigenvalue weighted by atomic mass is 10.2. The first kappa shape index (κ1) is 13.2. The third-order valence-corrected chi connectivity index (χ3v) is 2.26. The zero-order valence-corrected chi connectivity index (χ0v) is 9.85. The number of carbonyl (C=O) groups is 2. The summed E-state index contributed by atoms with van der Waals surface area (Å²) in [5, 5.41) is 0. The number of ether oxygens (including phenoxy) is 2. The predicted octanol–water partition coefficient (Wildman–Crippen LogP) is 2.57. The first-order valence-electron chi connectivity index (χ1n) is 5.66. The number of unbranched alkanes of at least 4 members (excludes halogenated alkanes) is 2. The van der Waals surface area contributed by atoms with Gasteiger partial charge in [0.2, 0.25) is 0 Å². The maximum absolute atomic E-state index is 11.7. The second-order valence-electron chi connectivity index (χ2n) is 3.55. The highest BCUT2D eigenvalue weighted by molar-refractivity contribution is 5.92. The summed E-state index contributed by atoms with van der Waals surface area (Å²) in [5.74, 6) is -0.235. The molecule has 1 aromatic rings. The number of carbonyl (C=O) groups excluding carboxylic acids is 2. The molecule has 0 aliphatic rings. The van der Waals surface area contributed by atoms with E-state index in [0.29, 0.717) is 13.1 Å². The standard InChI is InChI=1S/C13H16O4/c1-2-3-6-9-16-13(15)11-7-4-5-8-12(11)17-10-14/h4-5,7-8,10H,2-3,6,9H2,1H3. The van der Waals surface area contributed by atoms with Crippen molar-refractivity contribution in [1.29, 1.82) is 0 Å². The van der Waals surface area contributed by atoms with E-state index >= 15 is 0 Å². The van der Waals surface area contributed by atoms with Gasteiger partial charge in [0, 0.05) is 0 Å². The Hall–Kier alpha value is -1.84.